The predicted molar refractivity (Wildman–Crippen MR) is 48.2 cm³/mol. The van der Waals surface area contributed by atoms with Crippen molar-refractivity contribution in [3.8, 4) is 0 Å². The van der Waals surface area contributed by atoms with Gasteiger partial charge in [0.2, 0.25) is 0 Å². The van der Waals surface area contributed by atoms with Gasteiger partial charge < -0.3 is 0 Å². The van der Waals surface area contributed by atoms with E-state index in [9.17, 15) is 0 Å². The number of hydrogen-bond acceptors (Lipinski definition) is 2. The predicted octanol–water partition coefficient (Wildman–Crippen LogP) is 1.49. The Morgan fingerprint density at radius 2 is 1.91 bits per heavy atom. The molecule has 1 saturated heterocycles. The highest BCUT2D eigenvalue weighted by Crippen LogP contribution is 2.31. The van der Waals surface area contributed by atoms with Crippen LogP contribution >= 0.6 is 0 Å². The zero-order valence-electron chi connectivity index (χ0n) is 8.31. The number of nitrogens with one attached hydrogen (secondary N) is 1. The third-order valence-electron chi connectivity index (χ3n) is 2.61. The van der Waals surface area contributed by atoms with Crippen LogP contribution in [0.5, 0.6) is 0 Å². The van der Waals surface area contributed by atoms with Gasteiger partial charge in [-0.1, -0.05) is 20.8 Å². The molecular weight excluding hydrogens is 136 g/mol. The smallest absolute Gasteiger partial charge is 0.0232 e. The van der Waals surface area contributed by atoms with Crippen molar-refractivity contribution in [3.63, 3.8) is 0 Å². The molecule has 0 saturated carbocycles. The Morgan fingerprint density at radius 1 is 1.36 bits per heavy atom. The number of nitrogens with zero attached hydrogens (tertiary/aromatic N) is 1. The van der Waals surface area contributed by atoms with Crippen molar-refractivity contribution in [1.29, 1.82) is 0 Å². The molecule has 0 radical (unpaired) electrons. The summed E-state index contributed by atoms with van der Waals surface area (Å²) in [6.45, 7) is 10.4. The highest BCUT2D eigenvalue weighted by atomic mass is 15.5. The SMILES string of the molecule is CC1NN(C)CC1C(C)(C)C. The van der Waals surface area contributed by atoms with E-state index in [1.807, 2.05) is 0 Å². The molecule has 2 heteroatoms. The van der Waals surface area contributed by atoms with Gasteiger partial charge in [0, 0.05) is 19.6 Å². The summed E-state index contributed by atoms with van der Waals surface area (Å²) in [7, 11) is 2.11. The lowest BCUT2D eigenvalue weighted by atomic mass is 9.78. The molecule has 0 bridgehead atoms. The zero-order valence-corrected chi connectivity index (χ0v) is 8.31. The average Bonchev–Trinajstić information content (AvgIpc) is 2.08. The van der Waals surface area contributed by atoms with Gasteiger partial charge in [-0.2, -0.15) is 0 Å². The first-order valence-electron chi connectivity index (χ1n) is 4.38. The van der Waals surface area contributed by atoms with Gasteiger partial charge in [0.1, 0.15) is 0 Å². The first-order chi connectivity index (χ1) is 4.91. The van der Waals surface area contributed by atoms with E-state index >= 15 is 0 Å². The van der Waals surface area contributed by atoms with E-state index < -0.39 is 0 Å². The maximum atomic E-state index is 3.41. The van der Waals surface area contributed by atoms with Gasteiger partial charge in [0.05, 0.1) is 0 Å². The summed E-state index contributed by atoms with van der Waals surface area (Å²) >= 11 is 0. The molecule has 0 aromatic rings. The minimum atomic E-state index is 0.428. The molecule has 1 rings (SSSR count). The lowest BCUT2D eigenvalue weighted by Crippen LogP contribution is -2.33. The molecule has 0 aliphatic carbocycles. The fraction of sp³-hybridized carbons (Fsp3) is 1.00. The van der Waals surface area contributed by atoms with Crippen LogP contribution in [0.3, 0.4) is 0 Å². The Hall–Kier alpha value is -0.0800. The molecule has 1 heterocycles. The zero-order chi connectivity index (χ0) is 8.65. The molecule has 0 aromatic heterocycles. The Bertz CT molecular complexity index is 137. The van der Waals surface area contributed by atoms with Gasteiger partial charge >= 0.3 is 0 Å². The van der Waals surface area contributed by atoms with Crippen molar-refractivity contribution >= 4 is 0 Å². The Balaban J connectivity index is 2.60. The molecule has 1 aliphatic heterocycles. The molecule has 0 aromatic carbocycles. The number of hydrogen-bond donors (Lipinski definition) is 1. The van der Waals surface area contributed by atoms with Gasteiger partial charge in [0.15, 0.2) is 0 Å². The summed E-state index contributed by atoms with van der Waals surface area (Å²) in [6, 6.07) is 0.625. The molecule has 2 unspecified atom stereocenters. The summed E-state index contributed by atoms with van der Waals surface area (Å²) < 4.78 is 0. The van der Waals surface area contributed by atoms with Gasteiger partial charge in [-0.15, -0.1) is 0 Å². The van der Waals surface area contributed by atoms with E-state index in [2.05, 4.69) is 45.2 Å². The van der Waals surface area contributed by atoms with Crippen LogP contribution in [0.2, 0.25) is 0 Å². The summed E-state index contributed by atoms with van der Waals surface area (Å²) in [5.74, 6) is 0.771. The fourth-order valence-corrected chi connectivity index (χ4v) is 1.97. The Labute approximate surface area is 69.9 Å². The van der Waals surface area contributed by atoms with Crippen molar-refractivity contribution in [2.24, 2.45) is 11.3 Å². The minimum Gasteiger partial charge on any atom is -0.252 e. The first kappa shape index (κ1) is 9.01. The third-order valence-corrected chi connectivity index (χ3v) is 2.61. The van der Waals surface area contributed by atoms with Crippen LogP contribution < -0.4 is 5.43 Å². The van der Waals surface area contributed by atoms with E-state index in [-0.39, 0.29) is 0 Å². The summed E-state index contributed by atoms with van der Waals surface area (Å²) in [5, 5.41) is 2.20. The van der Waals surface area contributed by atoms with Gasteiger partial charge in [-0.3, -0.25) is 5.43 Å². The highest BCUT2D eigenvalue weighted by molar-refractivity contribution is 4.87. The maximum absolute atomic E-state index is 3.41. The van der Waals surface area contributed by atoms with Crippen LogP contribution in [-0.4, -0.2) is 24.6 Å². The van der Waals surface area contributed by atoms with Crippen molar-refractivity contribution in [1.82, 2.24) is 10.4 Å². The van der Waals surface area contributed by atoms with Crippen LogP contribution in [-0.2, 0) is 0 Å². The van der Waals surface area contributed by atoms with E-state index in [1.165, 1.54) is 6.54 Å². The van der Waals surface area contributed by atoms with Crippen LogP contribution in [0.1, 0.15) is 27.7 Å². The first-order valence-corrected chi connectivity index (χ1v) is 4.38. The molecular formula is C9H20N2. The standard InChI is InChI=1S/C9H20N2/c1-7-8(9(2,3)4)6-11(5)10-7/h7-8,10H,6H2,1-5H3. The topological polar surface area (TPSA) is 15.3 Å². The molecule has 0 spiro atoms. The fourth-order valence-electron chi connectivity index (χ4n) is 1.97. The molecule has 1 N–H and O–H groups in total. The molecule has 2 atom stereocenters. The number of rotatable bonds is 0. The number of hydrazine groups is 1. The van der Waals surface area contributed by atoms with Gasteiger partial charge in [-0.25, -0.2) is 5.01 Å². The molecule has 1 fully saturated rings. The third kappa shape index (κ3) is 1.94. The van der Waals surface area contributed by atoms with Crippen molar-refractivity contribution in [2.45, 2.75) is 33.7 Å². The van der Waals surface area contributed by atoms with Crippen LogP contribution in [0.25, 0.3) is 0 Å². The lowest BCUT2D eigenvalue weighted by Gasteiger charge is -2.28. The quantitative estimate of drug-likeness (QED) is 0.571. The summed E-state index contributed by atoms with van der Waals surface area (Å²) in [5.41, 5.74) is 3.83. The summed E-state index contributed by atoms with van der Waals surface area (Å²) in [4.78, 5) is 0. The van der Waals surface area contributed by atoms with Crippen LogP contribution in [0, 0.1) is 11.3 Å². The second-order valence-corrected chi connectivity index (χ2v) is 4.77. The van der Waals surface area contributed by atoms with Crippen LogP contribution in [0.4, 0.5) is 0 Å². The van der Waals surface area contributed by atoms with E-state index in [0.717, 1.165) is 5.92 Å². The second kappa shape index (κ2) is 2.76. The molecule has 2 nitrogen and oxygen atoms in total. The maximum Gasteiger partial charge on any atom is 0.0232 e. The molecule has 1 aliphatic rings. The van der Waals surface area contributed by atoms with Crippen LogP contribution in [0.15, 0.2) is 0 Å². The molecule has 66 valence electrons. The minimum absolute atomic E-state index is 0.428. The average molecular weight is 156 g/mol. The summed E-state index contributed by atoms with van der Waals surface area (Å²) in [6.07, 6.45) is 0. The molecule has 0 amide bonds. The Morgan fingerprint density at radius 3 is 2.09 bits per heavy atom. The molecule has 11 heavy (non-hydrogen) atoms. The van der Waals surface area contributed by atoms with Crippen molar-refractivity contribution in [2.75, 3.05) is 13.6 Å². The van der Waals surface area contributed by atoms with Gasteiger partial charge in [-0.05, 0) is 18.3 Å². The lowest BCUT2D eigenvalue weighted by molar-refractivity contribution is 0.231. The van der Waals surface area contributed by atoms with Crippen molar-refractivity contribution in [3.05, 3.63) is 0 Å². The van der Waals surface area contributed by atoms with Gasteiger partial charge in [0.25, 0.3) is 0 Å². The van der Waals surface area contributed by atoms with Crippen molar-refractivity contribution < 1.29 is 0 Å². The largest absolute Gasteiger partial charge is 0.252 e. The monoisotopic (exact) mass is 156 g/mol. The Kier molecular flexibility index (Phi) is 2.26. The normalized spacial score (nSPS) is 34.6. The van der Waals surface area contributed by atoms with E-state index in [0.29, 0.717) is 11.5 Å². The highest BCUT2D eigenvalue weighted by Gasteiger charge is 2.35. The van der Waals surface area contributed by atoms with E-state index in [1.54, 1.807) is 0 Å². The van der Waals surface area contributed by atoms with E-state index in [4.69, 9.17) is 0 Å². The second-order valence-electron chi connectivity index (χ2n) is 4.77.